The first-order valence-corrected chi connectivity index (χ1v) is 7.59. The molecule has 1 N–H and O–H groups in total. The highest BCUT2D eigenvalue weighted by Crippen LogP contribution is 2.35. The Bertz CT molecular complexity index is 701. The molecule has 1 aromatic heterocycles. The number of carbonyl (C=O) groups excluding carboxylic acids is 1. The maximum atomic E-state index is 12.7. The predicted molar refractivity (Wildman–Crippen MR) is 82.7 cm³/mol. The molecule has 0 saturated heterocycles. The van der Waals surface area contributed by atoms with Crippen LogP contribution in [-0.2, 0) is 0 Å². The Kier molecular flexibility index (Phi) is 3.81. The Morgan fingerprint density at radius 3 is 2.76 bits per heavy atom. The standard InChI is InChI=1S/C13H9Br2N3O3/c14-8-3-7(4-9(15)11(8)19)13(20)18-1-2-21-12-10(18)5-16-6-17-12/h3-6,19H,1-2H2. The minimum Gasteiger partial charge on any atom is -0.506 e. The number of anilines is 1. The molecule has 6 nitrogen and oxygen atoms in total. The van der Waals surface area contributed by atoms with E-state index in [1.807, 2.05) is 0 Å². The number of benzene rings is 1. The second-order valence-electron chi connectivity index (χ2n) is 4.31. The Balaban J connectivity index is 2.00. The molecular weight excluding hydrogens is 406 g/mol. The van der Waals surface area contributed by atoms with Gasteiger partial charge in [-0.15, -0.1) is 0 Å². The third-order valence-electron chi connectivity index (χ3n) is 3.01. The number of rotatable bonds is 1. The molecule has 0 fully saturated rings. The van der Waals surface area contributed by atoms with Crippen molar-refractivity contribution in [3.8, 4) is 11.6 Å². The number of halogens is 2. The predicted octanol–water partition coefficient (Wildman–Crippen LogP) is 2.75. The van der Waals surface area contributed by atoms with Gasteiger partial charge in [-0.25, -0.2) is 4.98 Å². The highest BCUT2D eigenvalue weighted by molar-refractivity contribution is 9.11. The molecule has 21 heavy (non-hydrogen) atoms. The lowest BCUT2D eigenvalue weighted by Crippen LogP contribution is -2.38. The summed E-state index contributed by atoms with van der Waals surface area (Å²) in [6.45, 7) is 0.783. The number of ether oxygens (including phenoxy) is 1. The van der Waals surface area contributed by atoms with Crippen LogP contribution in [0.15, 0.2) is 33.6 Å². The van der Waals surface area contributed by atoms with Crippen LogP contribution in [0.1, 0.15) is 10.4 Å². The fourth-order valence-corrected chi connectivity index (χ4v) is 3.20. The van der Waals surface area contributed by atoms with E-state index in [4.69, 9.17) is 4.74 Å². The lowest BCUT2D eigenvalue weighted by atomic mass is 10.1. The second-order valence-corrected chi connectivity index (χ2v) is 6.02. The third kappa shape index (κ3) is 2.60. The summed E-state index contributed by atoms with van der Waals surface area (Å²) in [5.41, 5.74) is 0.970. The molecule has 0 bridgehead atoms. The molecule has 0 atom stereocenters. The van der Waals surface area contributed by atoms with Crippen LogP contribution in [0.5, 0.6) is 11.6 Å². The first-order valence-electron chi connectivity index (χ1n) is 6.00. The molecule has 1 amide bonds. The van der Waals surface area contributed by atoms with Crippen LogP contribution < -0.4 is 9.64 Å². The van der Waals surface area contributed by atoms with E-state index in [1.165, 1.54) is 6.33 Å². The van der Waals surface area contributed by atoms with Crippen LogP contribution in [0.4, 0.5) is 5.69 Å². The normalized spacial score (nSPS) is 13.5. The van der Waals surface area contributed by atoms with Gasteiger partial charge in [0, 0.05) is 5.56 Å². The van der Waals surface area contributed by atoms with Crippen LogP contribution in [-0.4, -0.2) is 34.1 Å². The summed E-state index contributed by atoms with van der Waals surface area (Å²) >= 11 is 6.44. The van der Waals surface area contributed by atoms with Crippen molar-refractivity contribution in [3.05, 3.63) is 39.2 Å². The van der Waals surface area contributed by atoms with Crippen molar-refractivity contribution in [2.75, 3.05) is 18.1 Å². The lowest BCUT2D eigenvalue weighted by Gasteiger charge is -2.28. The molecular formula is C13H9Br2N3O3. The molecule has 1 aromatic carbocycles. The van der Waals surface area contributed by atoms with Crippen LogP contribution in [0, 0.1) is 0 Å². The summed E-state index contributed by atoms with van der Waals surface area (Å²) in [6, 6.07) is 3.14. The van der Waals surface area contributed by atoms with Gasteiger partial charge in [-0.3, -0.25) is 9.69 Å². The molecule has 0 radical (unpaired) electrons. The summed E-state index contributed by atoms with van der Waals surface area (Å²) in [5, 5.41) is 9.72. The maximum Gasteiger partial charge on any atom is 0.258 e. The first-order chi connectivity index (χ1) is 10.1. The zero-order valence-electron chi connectivity index (χ0n) is 10.6. The minimum atomic E-state index is -0.212. The molecule has 108 valence electrons. The fourth-order valence-electron chi connectivity index (χ4n) is 2.02. The van der Waals surface area contributed by atoms with Crippen molar-refractivity contribution in [1.82, 2.24) is 9.97 Å². The van der Waals surface area contributed by atoms with Gasteiger partial charge in [-0.1, -0.05) is 0 Å². The molecule has 8 heteroatoms. The Labute approximate surface area is 137 Å². The van der Waals surface area contributed by atoms with E-state index in [0.717, 1.165) is 0 Å². The number of aromatic hydroxyl groups is 1. The van der Waals surface area contributed by atoms with E-state index in [2.05, 4.69) is 41.8 Å². The average Bonchev–Trinajstić information content (AvgIpc) is 2.51. The monoisotopic (exact) mass is 413 g/mol. The number of phenols is 1. The van der Waals surface area contributed by atoms with Crippen LogP contribution >= 0.6 is 31.9 Å². The van der Waals surface area contributed by atoms with Crippen molar-refractivity contribution in [2.24, 2.45) is 0 Å². The molecule has 0 spiro atoms. The van der Waals surface area contributed by atoms with Gasteiger partial charge < -0.3 is 9.84 Å². The smallest absolute Gasteiger partial charge is 0.258 e. The maximum absolute atomic E-state index is 12.7. The Morgan fingerprint density at radius 1 is 1.33 bits per heavy atom. The molecule has 2 heterocycles. The molecule has 1 aliphatic heterocycles. The summed E-state index contributed by atoms with van der Waals surface area (Å²) in [6.07, 6.45) is 2.92. The molecule has 2 aromatic rings. The van der Waals surface area contributed by atoms with Gasteiger partial charge in [-0.05, 0) is 44.0 Å². The Hall–Kier alpha value is -1.67. The first kappa shape index (κ1) is 14.3. The van der Waals surface area contributed by atoms with Gasteiger partial charge in [0.2, 0.25) is 5.88 Å². The van der Waals surface area contributed by atoms with E-state index in [-0.39, 0.29) is 11.7 Å². The van der Waals surface area contributed by atoms with Crippen LogP contribution in [0.2, 0.25) is 0 Å². The van der Waals surface area contributed by atoms with Gasteiger partial charge in [0.05, 0.1) is 21.7 Å². The van der Waals surface area contributed by atoms with E-state index >= 15 is 0 Å². The highest BCUT2D eigenvalue weighted by atomic mass is 79.9. The van der Waals surface area contributed by atoms with Crippen molar-refractivity contribution in [3.63, 3.8) is 0 Å². The zero-order valence-corrected chi connectivity index (χ0v) is 13.8. The number of fused-ring (bicyclic) bond motifs is 1. The van der Waals surface area contributed by atoms with Crippen LogP contribution in [0.25, 0.3) is 0 Å². The zero-order chi connectivity index (χ0) is 15.0. The van der Waals surface area contributed by atoms with E-state index in [1.54, 1.807) is 23.2 Å². The third-order valence-corrected chi connectivity index (χ3v) is 4.22. The second kappa shape index (κ2) is 5.61. The van der Waals surface area contributed by atoms with Gasteiger partial charge in [0.1, 0.15) is 24.4 Å². The number of nitrogens with zero attached hydrogens (tertiary/aromatic N) is 3. The number of amides is 1. The van der Waals surface area contributed by atoms with Crippen molar-refractivity contribution in [2.45, 2.75) is 0 Å². The van der Waals surface area contributed by atoms with Crippen molar-refractivity contribution >= 4 is 43.5 Å². The lowest BCUT2D eigenvalue weighted by molar-refractivity contribution is 0.0975. The highest BCUT2D eigenvalue weighted by Gasteiger charge is 2.26. The molecule has 0 unspecified atom stereocenters. The molecule has 0 aliphatic carbocycles. The summed E-state index contributed by atoms with van der Waals surface area (Å²) in [5.74, 6) is 0.231. The van der Waals surface area contributed by atoms with Crippen molar-refractivity contribution < 1.29 is 14.6 Å². The van der Waals surface area contributed by atoms with Crippen molar-refractivity contribution in [1.29, 1.82) is 0 Å². The van der Waals surface area contributed by atoms with Gasteiger partial charge >= 0.3 is 0 Å². The molecule has 0 saturated carbocycles. The van der Waals surface area contributed by atoms with E-state index < -0.39 is 0 Å². The molecule has 3 rings (SSSR count). The number of hydrogen-bond donors (Lipinski definition) is 1. The largest absolute Gasteiger partial charge is 0.506 e. The van der Waals surface area contributed by atoms with Gasteiger partial charge in [0.25, 0.3) is 5.91 Å². The quantitative estimate of drug-likeness (QED) is 0.776. The number of phenolic OH excluding ortho intramolecular Hbond substituents is 1. The average molecular weight is 415 g/mol. The number of carbonyl (C=O) groups is 1. The van der Waals surface area contributed by atoms with E-state index in [9.17, 15) is 9.90 Å². The number of hydrogen-bond acceptors (Lipinski definition) is 5. The SMILES string of the molecule is O=C(c1cc(Br)c(O)c(Br)c1)N1CCOc2ncncc21. The minimum absolute atomic E-state index is 0.0530. The summed E-state index contributed by atoms with van der Waals surface area (Å²) in [7, 11) is 0. The summed E-state index contributed by atoms with van der Waals surface area (Å²) in [4.78, 5) is 22.2. The van der Waals surface area contributed by atoms with Gasteiger partial charge in [-0.2, -0.15) is 4.98 Å². The summed E-state index contributed by atoms with van der Waals surface area (Å²) < 4.78 is 6.29. The molecule has 1 aliphatic rings. The number of aromatic nitrogens is 2. The fraction of sp³-hybridized carbons (Fsp3) is 0.154. The van der Waals surface area contributed by atoms with Crippen LogP contribution in [0.3, 0.4) is 0 Å². The van der Waals surface area contributed by atoms with E-state index in [0.29, 0.717) is 39.2 Å². The van der Waals surface area contributed by atoms with Gasteiger partial charge in [0.15, 0.2) is 0 Å². The Morgan fingerprint density at radius 2 is 2.05 bits per heavy atom. The topological polar surface area (TPSA) is 75.5 Å².